The molecule has 2 rings (SSSR count). The van der Waals surface area contributed by atoms with E-state index in [0.717, 1.165) is 19.4 Å². The van der Waals surface area contributed by atoms with Crippen LogP contribution in [0.1, 0.15) is 12.8 Å². The number of rotatable bonds is 1. The molecule has 3 heteroatoms. The lowest BCUT2D eigenvalue weighted by Crippen LogP contribution is -2.28. The van der Waals surface area contributed by atoms with Crippen molar-refractivity contribution in [3.63, 3.8) is 0 Å². The van der Waals surface area contributed by atoms with Gasteiger partial charge in [-0.15, -0.1) is 0 Å². The van der Waals surface area contributed by atoms with Gasteiger partial charge in [-0.25, -0.2) is 0 Å². The molecule has 1 spiro atoms. The lowest BCUT2D eigenvalue weighted by molar-refractivity contribution is -0.232. The van der Waals surface area contributed by atoms with E-state index in [0.29, 0.717) is 0 Å². The maximum Gasteiger partial charge on any atom is 0.191 e. The van der Waals surface area contributed by atoms with Crippen molar-refractivity contribution in [1.29, 1.82) is 0 Å². The van der Waals surface area contributed by atoms with E-state index in [4.69, 9.17) is 14.2 Å². The first-order chi connectivity index (χ1) is 5.35. The molecule has 62 valence electrons. The molecule has 2 unspecified atom stereocenters. The standard InChI is InChI=1S/C8H12O3/c1-9-7-3-5-8(11-7)4-2-6-10-8/h3,5,7H,2,4,6H2,1H3. The number of hydrogen-bond donors (Lipinski definition) is 0. The van der Waals surface area contributed by atoms with E-state index >= 15 is 0 Å². The molecule has 3 nitrogen and oxygen atoms in total. The number of hydrogen-bond acceptors (Lipinski definition) is 3. The highest BCUT2D eigenvalue weighted by Gasteiger charge is 2.39. The summed E-state index contributed by atoms with van der Waals surface area (Å²) in [7, 11) is 1.63. The van der Waals surface area contributed by atoms with Gasteiger partial charge in [-0.05, 0) is 18.6 Å². The molecule has 2 aliphatic heterocycles. The van der Waals surface area contributed by atoms with Crippen molar-refractivity contribution in [1.82, 2.24) is 0 Å². The van der Waals surface area contributed by atoms with Gasteiger partial charge >= 0.3 is 0 Å². The SMILES string of the molecule is COC1C=CC2(CCCO2)O1. The van der Waals surface area contributed by atoms with Crippen LogP contribution in [-0.4, -0.2) is 25.8 Å². The molecule has 2 aliphatic rings. The predicted molar refractivity (Wildman–Crippen MR) is 38.9 cm³/mol. The normalized spacial score (nSPS) is 42.5. The highest BCUT2D eigenvalue weighted by molar-refractivity contribution is 5.06. The van der Waals surface area contributed by atoms with E-state index < -0.39 is 5.79 Å². The first-order valence-electron chi connectivity index (χ1n) is 3.89. The van der Waals surface area contributed by atoms with Gasteiger partial charge < -0.3 is 14.2 Å². The van der Waals surface area contributed by atoms with Gasteiger partial charge in [0, 0.05) is 13.5 Å². The average molecular weight is 156 g/mol. The summed E-state index contributed by atoms with van der Waals surface area (Å²) in [6.45, 7) is 0.792. The third-order valence-electron chi connectivity index (χ3n) is 2.07. The second-order valence-electron chi connectivity index (χ2n) is 2.84. The van der Waals surface area contributed by atoms with Crippen LogP contribution in [0.2, 0.25) is 0 Å². The molecule has 0 radical (unpaired) electrons. The second-order valence-corrected chi connectivity index (χ2v) is 2.84. The molecule has 1 saturated heterocycles. The zero-order valence-corrected chi connectivity index (χ0v) is 6.58. The van der Waals surface area contributed by atoms with E-state index in [-0.39, 0.29) is 6.29 Å². The van der Waals surface area contributed by atoms with Crippen molar-refractivity contribution >= 4 is 0 Å². The van der Waals surface area contributed by atoms with E-state index in [1.807, 2.05) is 12.2 Å². The molecular weight excluding hydrogens is 144 g/mol. The Labute approximate surface area is 65.9 Å². The summed E-state index contributed by atoms with van der Waals surface area (Å²) in [5, 5.41) is 0. The summed E-state index contributed by atoms with van der Waals surface area (Å²) >= 11 is 0. The fourth-order valence-corrected chi connectivity index (χ4v) is 1.49. The van der Waals surface area contributed by atoms with Gasteiger partial charge in [-0.1, -0.05) is 0 Å². The highest BCUT2D eigenvalue weighted by atomic mass is 16.8. The Morgan fingerprint density at radius 1 is 1.64 bits per heavy atom. The van der Waals surface area contributed by atoms with Gasteiger partial charge in [0.15, 0.2) is 12.1 Å². The third-order valence-corrected chi connectivity index (χ3v) is 2.07. The number of ether oxygens (including phenoxy) is 3. The molecule has 0 bridgehead atoms. The lowest BCUT2D eigenvalue weighted by Gasteiger charge is -2.21. The molecule has 0 saturated carbocycles. The van der Waals surface area contributed by atoms with Crippen molar-refractivity contribution in [2.75, 3.05) is 13.7 Å². The fourth-order valence-electron chi connectivity index (χ4n) is 1.49. The van der Waals surface area contributed by atoms with E-state index in [1.165, 1.54) is 0 Å². The minimum atomic E-state index is -0.444. The summed E-state index contributed by atoms with van der Waals surface area (Å²) in [6.07, 6.45) is 5.65. The van der Waals surface area contributed by atoms with Gasteiger partial charge in [0.2, 0.25) is 0 Å². The molecule has 0 aliphatic carbocycles. The van der Waals surface area contributed by atoms with Crippen LogP contribution in [-0.2, 0) is 14.2 Å². The van der Waals surface area contributed by atoms with Crippen molar-refractivity contribution < 1.29 is 14.2 Å². The van der Waals surface area contributed by atoms with Crippen molar-refractivity contribution in [3.05, 3.63) is 12.2 Å². The zero-order chi connectivity index (χ0) is 7.73. The molecule has 0 aromatic carbocycles. The monoisotopic (exact) mass is 156 g/mol. The predicted octanol–water partition coefficient (Wildman–Crippen LogP) is 1.05. The highest BCUT2D eigenvalue weighted by Crippen LogP contribution is 2.34. The van der Waals surface area contributed by atoms with Crippen molar-refractivity contribution in [2.24, 2.45) is 0 Å². The van der Waals surface area contributed by atoms with Gasteiger partial charge in [-0.2, -0.15) is 0 Å². The molecule has 0 amide bonds. The summed E-state index contributed by atoms with van der Waals surface area (Å²) in [6, 6.07) is 0. The Balaban J connectivity index is 2.03. The molecule has 0 aromatic rings. The van der Waals surface area contributed by atoms with E-state index in [1.54, 1.807) is 7.11 Å². The van der Waals surface area contributed by atoms with E-state index in [9.17, 15) is 0 Å². The molecular formula is C8H12O3. The van der Waals surface area contributed by atoms with Crippen LogP contribution in [0.4, 0.5) is 0 Å². The molecule has 0 aromatic heterocycles. The van der Waals surface area contributed by atoms with E-state index in [2.05, 4.69) is 0 Å². The summed E-state index contributed by atoms with van der Waals surface area (Å²) in [4.78, 5) is 0. The second kappa shape index (κ2) is 2.59. The molecule has 0 N–H and O–H groups in total. The van der Waals surface area contributed by atoms with Crippen molar-refractivity contribution in [2.45, 2.75) is 24.9 Å². The molecule has 1 fully saturated rings. The summed E-state index contributed by atoms with van der Waals surface area (Å²) in [5.74, 6) is -0.444. The van der Waals surface area contributed by atoms with Crippen LogP contribution in [0.3, 0.4) is 0 Å². The Kier molecular flexibility index (Phi) is 1.71. The van der Waals surface area contributed by atoms with Crippen LogP contribution >= 0.6 is 0 Å². The Morgan fingerprint density at radius 3 is 3.09 bits per heavy atom. The van der Waals surface area contributed by atoms with Crippen LogP contribution in [0.5, 0.6) is 0 Å². The maximum absolute atomic E-state index is 5.50. The van der Waals surface area contributed by atoms with Crippen LogP contribution in [0.25, 0.3) is 0 Å². The average Bonchev–Trinajstić information content (AvgIpc) is 2.62. The first kappa shape index (κ1) is 7.28. The van der Waals surface area contributed by atoms with Crippen LogP contribution < -0.4 is 0 Å². The Hall–Kier alpha value is -0.380. The third kappa shape index (κ3) is 1.20. The summed E-state index contributed by atoms with van der Waals surface area (Å²) < 4.78 is 16.0. The Bertz CT molecular complexity index is 170. The minimum absolute atomic E-state index is 0.215. The van der Waals surface area contributed by atoms with Gasteiger partial charge in [0.25, 0.3) is 0 Å². The molecule has 2 atom stereocenters. The van der Waals surface area contributed by atoms with Crippen LogP contribution in [0.15, 0.2) is 12.2 Å². The summed E-state index contributed by atoms with van der Waals surface area (Å²) in [5.41, 5.74) is 0. The molecule has 2 heterocycles. The molecule has 11 heavy (non-hydrogen) atoms. The van der Waals surface area contributed by atoms with Gasteiger partial charge in [0.05, 0.1) is 6.61 Å². The smallest absolute Gasteiger partial charge is 0.191 e. The van der Waals surface area contributed by atoms with Gasteiger partial charge in [0.1, 0.15) is 0 Å². The Morgan fingerprint density at radius 2 is 2.55 bits per heavy atom. The quantitative estimate of drug-likeness (QED) is 0.531. The van der Waals surface area contributed by atoms with Crippen LogP contribution in [0, 0.1) is 0 Å². The van der Waals surface area contributed by atoms with Gasteiger partial charge in [-0.3, -0.25) is 0 Å². The largest absolute Gasteiger partial charge is 0.352 e. The lowest BCUT2D eigenvalue weighted by atomic mass is 10.2. The fraction of sp³-hybridized carbons (Fsp3) is 0.750. The minimum Gasteiger partial charge on any atom is -0.352 e. The van der Waals surface area contributed by atoms with Crippen molar-refractivity contribution in [3.8, 4) is 0 Å². The maximum atomic E-state index is 5.50. The topological polar surface area (TPSA) is 27.7 Å². The first-order valence-corrected chi connectivity index (χ1v) is 3.89. The zero-order valence-electron chi connectivity index (χ0n) is 6.58. The number of methoxy groups -OCH3 is 1.